The predicted octanol–water partition coefficient (Wildman–Crippen LogP) is 1.01. The van der Waals surface area contributed by atoms with Gasteiger partial charge in [-0.1, -0.05) is 19.1 Å². The maximum Gasteiger partial charge on any atom is 0.246 e. The van der Waals surface area contributed by atoms with Crippen molar-refractivity contribution in [3.8, 4) is 0 Å². The zero-order valence-corrected chi connectivity index (χ0v) is 12.2. The van der Waals surface area contributed by atoms with Crippen LogP contribution >= 0.6 is 0 Å². The van der Waals surface area contributed by atoms with E-state index < -0.39 is 12.0 Å². The van der Waals surface area contributed by atoms with Crippen molar-refractivity contribution in [2.24, 2.45) is 16.5 Å². The van der Waals surface area contributed by atoms with Crippen molar-refractivity contribution < 1.29 is 9.53 Å². The number of guanidine groups is 1. The molecule has 0 bridgehead atoms. The monoisotopic (exact) mass is 290 g/mol. The minimum Gasteiger partial charge on any atom is -0.370 e. The third-order valence-electron chi connectivity index (χ3n) is 3.50. The summed E-state index contributed by atoms with van der Waals surface area (Å²) in [5.74, 6) is -0.0710. The molecular formula is C15H22N4O2. The van der Waals surface area contributed by atoms with Gasteiger partial charge in [-0.2, -0.15) is 0 Å². The van der Waals surface area contributed by atoms with Gasteiger partial charge in [-0.3, -0.25) is 9.79 Å². The summed E-state index contributed by atoms with van der Waals surface area (Å²) in [6.45, 7) is 2.53. The number of aryl methyl sites for hydroxylation is 1. The Labute approximate surface area is 124 Å². The number of amides is 1. The van der Waals surface area contributed by atoms with Crippen molar-refractivity contribution in [1.82, 2.24) is 0 Å². The van der Waals surface area contributed by atoms with Crippen LogP contribution in [0.25, 0.3) is 0 Å². The molecule has 21 heavy (non-hydrogen) atoms. The van der Waals surface area contributed by atoms with Gasteiger partial charge in [0.05, 0.1) is 12.6 Å². The molecule has 1 aliphatic rings. The van der Waals surface area contributed by atoms with Gasteiger partial charge in [-0.05, 0) is 37.0 Å². The third-order valence-corrected chi connectivity index (χ3v) is 3.50. The molecule has 0 radical (unpaired) electrons. The van der Waals surface area contributed by atoms with Crippen LogP contribution in [0.5, 0.6) is 0 Å². The number of primary amides is 1. The number of nitrogens with one attached hydrogen (secondary N) is 1. The van der Waals surface area contributed by atoms with Gasteiger partial charge < -0.3 is 21.5 Å². The fraction of sp³-hybridized carbons (Fsp3) is 0.467. The minimum absolute atomic E-state index is 0.0928. The van der Waals surface area contributed by atoms with Gasteiger partial charge in [0.15, 0.2) is 5.96 Å². The second-order valence-electron chi connectivity index (χ2n) is 5.13. The number of hydrogen-bond donors (Lipinski definition) is 3. The first-order valence-electron chi connectivity index (χ1n) is 7.19. The number of carbonyl (C=O) groups excluding carboxylic acids is 1. The summed E-state index contributed by atoms with van der Waals surface area (Å²) >= 11 is 0. The standard InChI is InChI=1S/C15H22N4O2/c1-2-10-4-3-5-11(8-10)19-15(17)18-9-12-6-7-13(21-12)14(16)20/h3-5,8,12-13H,2,6-7,9H2,1H3,(H2,16,20)(H3,17,18,19). The first kappa shape index (κ1) is 15.3. The average molecular weight is 290 g/mol. The number of hydrogen-bond acceptors (Lipinski definition) is 3. The van der Waals surface area contributed by atoms with E-state index >= 15 is 0 Å². The van der Waals surface area contributed by atoms with Crippen molar-refractivity contribution in [3.05, 3.63) is 29.8 Å². The summed E-state index contributed by atoms with van der Waals surface area (Å²) in [6.07, 6.45) is 1.82. The Morgan fingerprint density at radius 1 is 1.43 bits per heavy atom. The highest BCUT2D eigenvalue weighted by molar-refractivity contribution is 5.92. The van der Waals surface area contributed by atoms with Gasteiger partial charge in [0.2, 0.25) is 5.91 Å². The van der Waals surface area contributed by atoms with E-state index in [0.717, 1.165) is 18.5 Å². The molecule has 6 nitrogen and oxygen atoms in total. The molecule has 2 atom stereocenters. The molecule has 1 aliphatic heterocycles. The van der Waals surface area contributed by atoms with Crippen molar-refractivity contribution in [2.75, 3.05) is 11.9 Å². The number of rotatable bonds is 5. The van der Waals surface area contributed by atoms with Gasteiger partial charge in [0.1, 0.15) is 6.10 Å². The number of aliphatic imine (C=N–C) groups is 1. The van der Waals surface area contributed by atoms with Crippen molar-refractivity contribution in [2.45, 2.75) is 38.4 Å². The van der Waals surface area contributed by atoms with Gasteiger partial charge in [-0.25, -0.2) is 0 Å². The number of anilines is 1. The fourth-order valence-electron chi connectivity index (χ4n) is 2.31. The van der Waals surface area contributed by atoms with Crippen LogP contribution in [0, 0.1) is 0 Å². The summed E-state index contributed by atoms with van der Waals surface area (Å²) in [6, 6.07) is 8.02. The Morgan fingerprint density at radius 3 is 2.90 bits per heavy atom. The van der Waals surface area contributed by atoms with Gasteiger partial charge in [0.25, 0.3) is 0 Å². The maximum absolute atomic E-state index is 11.0. The Balaban J connectivity index is 1.85. The molecule has 0 aromatic heterocycles. The molecule has 1 saturated heterocycles. The number of benzene rings is 1. The normalized spacial score (nSPS) is 22.2. The highest BCUT2D eigenvalue weighted by Crippen LogP contribution is 2.19. The fourth-order valence-corrected chi connectivity index (χ4v) is 2.31. The smallest absolute Gasteiger partial charge is 0.246 e. The van der Waals surface area contributed by atoms with E-state index in [1.165, 1.54) is 5.56 Å². The van der Waals surface area contributed by atoms with Crippen LogP contribution in [0.3, 0.4) is 0 Å². The van der Waals surface area contributed by atoms with E-state index in [9.17, 15) is 4.79 Å². The number of nitrogens with zero attached hydrogens (tertiary/aromatic N) is 1. The second kappa shape index (κ2) is 7.08. The molecule has 1 heterocycles. The summed E-state index contributed by atoms with van der Waals surface area (Å²) in [7, 11) is 0. The van der Waals surface area contributed by atoms with Crippen molar-refractivity contribution in [1.29, 1.82) is 0 Å². The van der Waals surface area contributed by atoms with Crippen LogP contribution in [0.2, 0.25) is 0 Å². The predicted molar refractivity (Wildman–Crippen MR) is 83.0 cm³/mol. The molecule has 1 aromatic carbocycles. The maximum atomic E-state index is 11.0. The number of carbonyl (C=O) groups is 1. The summed E-state index contributed by atoms with van der Waals surface area (Å²) < 4.78 is 5.50. The lowest BCUT2D eigenvalue weighted by atomic mass is 10.1. The number of ether oxygens (including phenoxy) is 1. The molecule has 1 aromatic rings. The van der Waals surface area contributed by atoms with E-state index in [2.05, 4.69) is 23.3 Å². The summed E-state index contributed by atoms with van der Waals surface area (Å²) in [5, 5.41) is 3.06. The molecule has 0 saturated carbocycles. The molecule has 0 aliphatic carbocycles. The molecule has 2 rings (SSSR count). The second-order valence-corrected chi connectivity index (χ2v) is 5.13. The van der Waals surface area contributed by atoms with Crippen LogP contribution in [0.1, 0.15) is 25.3 Å². The van der Waals surface area contributed by atoms with Crippen LogP contribution in [-0.2, 0) is 16.0 Å². The SMILES string of the molecule is CCc1cccc(NC(N)=NCC2CCC(C(N)=O)O2)c1. The van der Waals surface area contributed by atoms with E-state index in [1.54, 1.807) is 0 Å². The van der Waals surface area contributed by atoms with E-state index in [0.29, 0.717) is 18.9 Å². The molecular weight excluding hydrogens is 268 g/mol. The topological polar surface area (TPSA) is 103 Å². The molecule has 0 spiro atoms. The Bertz CT molecular complexity index is 530. The zero-order valence-electron chi connectivity index (χ0n) is 12.2. The molecule has 6 heteroatoms. The Hall–Kier alpha value is -2.08. The lowest BCUT2D eigenvalue weighted by Gasteiger charge is -2.10. The van der Waals surface area contributed by atoms with Crippen LogP contribution in [-0.4, -0.2) is 30.6 Å². The molecule has 5 N–H and O–H groups in total. The number of nitrogens with two attached hydrogens (primary N) is 2. The summed E-state index contributed by atoms with van der Waals surface area (Å²) in [5.41, 5.74) is 13.2. The lowest BCUT2D eigenvalue weighted by molar-refractivity contribution is -0.128. The van der Waals surface area contributed by atoms with Crippen molar-refractivity contribution >= 4 is 17.6 Å². The van der Waals surface area contributed by atoms with Crippen molar-refractivity contribution in [3.63, 3.8) is 0 Å². The van der Waals surface area contributed by atoms with Crippen LogP contribution in [0.4, 0.5) is 5.69 Å². The highest BCUT2D eigenvalue weighted by atomic mass is 16.5. The first-order chi connectivity index (χ1) is 10.1. The van der Waals surface area contributed by atoms with Gasteiger partial charge in [0, 0.05) is 5.69 Å². The zero-order chi connectivity index (χ0) is 15.2. The van der Waals surface area contributed by atoms with Crippen LogP contribution in [0.15, 0.2) is 29.3 Å². The highest BCUT2D eigenvalue weighted by Gasteiger charge is 2.28. The van der Waals surface area contributed by atoms with Crippen LogP contribution < -0.4 is 16.8 Å². The Morgan fingerprint density at radius 2 is 2.24 bits per heavy atom. The molecule has 1 fully saturated rings. The average Bonchev–Trinajstić information content (AvgIpc) is 2.94. The van der Waals surface area contributed by atoms with Gasteiger partial charge in [-0.15, -0.1) is 0 Å². The third kappa shape index (κ3) is 4.46. The van der Waals surface area contributed by atoms with Gasteiger partial charge >= 0.3 is 0 Å². The Kier molecular flexibility index (Phi) is 5.16. The van der Waals surface area contributed by atoms with E-state index in [1.807, 2.05) is 18.2 Å². The molecule has 2 unspecified atom stereocenters. The van der Waals surface area contributed by atoms with E-state index in [4.69, 9.17) is 16.2 Å². The first-order valence-corrected chi connectivity index (χ1v) is 7.19. The molecule has 114 valence electrons. The lowest BCUT2D eigenvalue weighted by Crippen LogP contribution is -2.29. The molecule has 1 amide bonds. The largest absolute Gasteiger partial charge is 0.370 e. The minimum atomic E-state index is -0.486. The quantitative estimate of drug-likeness (QED) is 0.556. The summed E-state index contributed by atoms with van der Waals surface area (Å²) in [4.78, 5) is 15.3. The van der Waals surface area contributed by atoms with E-state index in [-0.39, 0.29) is 6.10 Å².